The van der Waals surface area contributed by atoms with Gasteiger partial charge in [0.2, 0.25) is 10.0 Å². The molecule has 0 atom stereocenters. The summed E-state index contributed by atoms with van der Waals surface area (Å²) >= 11 is 1.30. The van der Waals surface area contributed by atoms with E-state index in [0.29, 0.717) is 16.7 Å². The summed E-state index contributed by atoms with van der Waals surface area (Å²) in [4.78, 5) is 4.24. The molecule has 5 nitrogen and oxygen atoms in total. The van der Waals surface area contributed by atoms with Crippen LogP contribution in [0, 0.1) is 5.92 Å². The van der Waals surface area contributed by atoms with Crippen LogP contribution in [0.1, 0.15) is 12.8 Å². The third kappa shape index (κ3) is 2.56. The van der Waals surface area contributed by atoms with Gasteiger partial charge in [0.15, 0.2) is 5.13 Å². The maximum absolute atomic E-state index is 11.8. The molecule has 0 unspecified atom stereocenters. The molecule has 1 fully saturated rings. The van der Waals surface area contributed by atoms with Crippen LogP contribution in [0.4, 0.5) is 10.8 Å². The predicted octanol–water partition coefficient (Wildman–Crippen LogP) is 2.03. The van der Waals surface area contributed by atoms with E-state index in [1.54, 1.807) is 18.2 Å². The largest absolute Gasteiger partial charge is 0.399 e. The molecule has 3 rings (SSSR count). The molecular formula is C11H13N3O2S2. The minimum absolute atomic E-state index is 0.199. The fraction of sp³-hybridized carbons (Fsp3) is 0.364. The van der Waals surface area contributed by atoms with E-state index >= 15 is 0 Å². The predicted molar refractivity (Wildman–Crippen MR) is 74.2 cm³/mol. The van der Waals surface area contributed by atoms with Crippen molar-refractivity contribution < 1.29 is 8.42 Å². The second-order valence-corrected chi connectivity index (χ2v) is 7.37. The molecule has 0 aliphatic heterocycles. The molecule has 1 aliphatic carbocycles. The van der Waals surface area contributed by atoms with Crippen molar-refractivity contribution in [1.29, 1.82) is 0 Å². The van der Waals surface area contributed by atoms with Crippen LogP contribution in [0.2, 0.25) is 0 Å². The molecule has 1 aliphatic rings. The molecule has 0 amide bonds. The van der Waals surface area contributed by atoms with E-state index in [9.17, 15) is 8.42 Å². The van der Waals surface area contributed by atoms with Gasteiger partial charge in [0.05, 0.1) is 16.0 Å². The minimum atomic E-state index is -3.26. The molecule has 7 heteroatoms. The van der Waals surface area contributed by atoms with Crippen LogP contribution in [0.25, 0.3) is 10.2 Å². The zero-order chi connectivity index (χ0) is 12.8. The summed E-state index contributed by atoms with van der Waals surface area (Å²) in [5.74, 6) is 0.526. The number of hydrogen-bond acceptors (Lipinski definition) is 5. The van der Waals surface area contributed by atoms with Gasteiger partial charge in [0, 0.05) is 5.69 Å². The number of rotatable bonds is 4. The quantitative estimate of drug-likeness (QED) is 0.841. The number of benzene rings is 1. The van der Waals surface area contributed by atoms with Gasteiger partial charge in [-0.05, 0) is 37.0 Å². The van der Waals surface area contributed by atoms with Gasteiger partial charge in [0.25, 0.3) is 0 Å². The van der Waals surface area contributed by atoms with Crippen molar-refractivity contribution in [2.75, 3.05) is 16.2 Å². The van der Waals surface area contributed by atoms with E-state index in [2.05, 4.69) is 9.71 Å². The average Bonchev–Trinajstić information content (AvgIpc) is 2.95. The highest BCUT2D eigenvalue weighted by molar-refractivity contribution is 7.92. The Bertz CT molecular complexity index is 689. The molecular weight excluding hydrogens is 270 g/mol. The zero-order valence-electron chi connectivity index (χ0n) is 9.59. The fourth-order valence-corrected chi connectivity index (χ4v) is 4.42. The Morgan fingerprint density at radius 2 is 2.22 bits per heavy atom. The summed E-state index contributed by atoms with van der Waals surface area (Å²) in [6.07, 6.45) is 2.02. The van der Waals surface area contributed by atoms with Crippen LogP contribution in [-0.4, -0.2) is 19.2 Å². The normalized spacial score (nSPS) is 16.0. The highest BCUT2D eigenvalue weighted by Gasteiger charge is 2.28. The number of nitrogen functional groups attached to an aromatic ring is 1. The fourth-order valence-electron chi connectivity index (χ4n) is 1.75. The second kappa shape index (κ2) is 4.10. The number of hydrogen-bond donors (Lipinski definition) is 2. The summed E-state index contributed by atoms with van der Waals surface area (Å²) in [7, 11) is -3.26. The van der Waals surface area contributed by atoms with Crippen LogP contribution in [0.3, 0.4) is 0 Å². The number of thiazole rings is 1. The Balaban J connectivity index is 1.85. The van der Waals surface area contributed by atoms with Gasteiger partial charge in [-0.2, -0.15) is 0 Å². The van der Waals surface area contributed by atoms with Gasteiger partial charge in [-0.1, -0.05) is 11.3 Å². The van der Waals surface area contributed by atoms with Crippen molar-refractivity contribution >= 4 is 42.4 Å². The molecule has 3 N–H and O–H groups in total. The molecule has 18 heavy (non-hydrogen) atoms. The topological polar surface area (TPSA) is 85.1 Å². The van der Waals surface area contributed by atoms with E-state index in [-0.39, 0.29) is 5.75 Å². The van der Waals surface area contributed by atoms with Gasteiger partial charge < -0.3 is 5.73 Å². The highest BCUT2D eigenvalue weighted by atomic mass is 32.2. The Morgan fingerprint density at radius 3 is 2.94 bits per heavy atom. The molecule has 1 aromatic carbocycles. The Morgan fingerprint density at radius 1 is 1.44 bits per heavy atom. The van der Waals surface area contributed by atoms with Gasteiger partial charge >= 0.3 is 0 Å². The van der Waals surface area contributed by atoms with Crippen LogP contribution in [0.5, 0.6) is 0 Å². The molecule has 2 aromatic rings. The van der Waals surface area contributed by atoms with Crippen LogP contribution >= 0.6 is 11.3 Å². The first-order valence-corrected chi connectivity index (χ1v) is 8.15. The van der Waals surface area contributed by atoms with Gasteiger partial charge in [0.1, 0.15) is 0 Å². The zero-order valence-corrected chi connectivity index (χ0v) is 11.2. The minimum Gasteiger partial charge on any atom is -0.399 e. The number of sulfonamides is 1. The third-order valence-electron chi connectivity index (χ3n) is 2.81. The molecule has 1 heterocycles. The summed E-state index contributed by atoms with van der Waals surface area (Å²) in [5.41, 5.74) is 7.09. The number of nitrogens with two attached hydrogens (primary N) is 1. The summed E-state index contributed by atoms with van der Waals surface area (Å²) in [5, 5.41) is 0.413. The van der Waals surface area contributed by atoms with Crippen LogP contribution in [0.15, 0.2) is 18.2 Å². The Hall–Kier alpha value is -1.34. The standard InChI is InChI=1S/C11H13N3O2S2/c12-8-3-4-9-10(5-8)17-11(13-9)14-18(15,16)6-7-1-2-7/h3-5,7H,1-2,6,12H2,(H,13,14). The van der Waals surface area contributed by atoms with Crippen molar-refractivity contribution in [2.24, 2.45) is 5.92 Å². The first-order chi connectivity index (χ1) is 8.52. The van der Waals surface area contributed by atoms with Crippen molar-refractivity contribution in [3.63, 3.8) is 0 Å². The first-order valence-electron chi connectivity index (χ1n) is 5.68. The molecule has 0 saturated heterocycles. The van der Waals surface area contributed by atoms with Crippen LogP contribution < -0.4 is 10.5 Å². The molecule has 96 valence electrons. The van der Waals surface area contributed by atoms with Crippen molar-refractivity contribution in [3.05, 3.63) is 18.2 Å². The lowest BCUT2D eigenvalue weighted by atomic mass is 10.3. The van der Waals surface area contributed by atoms with Gasteiger partial charge in [-0.25, -0.2) is 13.4 Å². The van der Waals surface area contributed by atoms with Gasteiger partial charge in [-0.3, -0.25) is 4.72 Å². The lowest BCUT2D eigenvalue weighted by Crippen LogP contribution is -2.17. The lowest BCUT2D eigenvalue weighted by Gasteiger charge is -2.02. The number of aromatic nitrogens is 1. The summed E-state index contributed by atoms with van der Waals surface area (Å²) in [6, 6.07) is 5.34. The monoisotopic (exact) mass is 283 g/mol. The Labute approximate surface area is 109 Å². The van der Waals surface area contributed by atoms with E-state index in [1.807, 2.05) is 0 Å². The number of nitrogens with one attached hydrogen (secondary N) is 1. The van der Waals surface area contributed by atoms with E-state index in [0.717, 1.165) is 23.1 Å². The number of anilines is 2. The summed E-state index contributed by atoms with van der Waals surface area (Å²) in [6.45, 7) is 0. The third-order valence-corrected chi connectivity index (χ3v) is 5.28. The van der Waals surface area contributed by atoms with Crippen LogP contribution in [-0.2, 0) is 10.0 Å². The molecule has 0 radical (unpaired) electrons. The number of nitrogens with zero attached hydrogens (tertiary/aromatic N) is 1. The first kappa shape index (κ1) is 11.7. The SMILES string of the molecule is Nc1ccc2nc(NS(=O)(=O)CC3CC3)sc2c1. The van der Waals surface area contributed by atoms with Gasteiger partial charge in [-0.15, -0.1) is 0 Å². The van der Waals surface area contributed by atoms with Crippen molar-refractivity contribution in [3.8, 4) is 0 Å². The van der Waals surface area contributed by atoms with E-state index in [1.165, 1.54) is 11.3 Å². The molecule has 1 saturated carbocycles. The van der Waals surface area contributed by atoms with E-state index in [4.69, 9.17) is 5.73 Å². The molecule has 0 spiro atoms. The maximum Gasteiger partial charge on any atom is 0.234 e. The van der Waals surface area contributed by atoms with Crippen molar-refractivity contribution in [1.82, 2.24) is 4.98 Å². The smallest absolute Gasteiger partial charge is 0.234 e. The molecule has 1 aromatic heterocycles. The molecule has 0 bridgehead atoms. The second-order valence-electron chi connectivity index (χ2n) is 4.57. The number of fused-ring (bicyclic) bond motifs is 1. The maximum atomic E-state index is 11.8. The van der Waals surface area contributed by atoms with E-state index < -0.39 is 10.0 Å². The highest BCUT2D eigenvalue weighted by Crippen LogP contribution is 2.32. The lowest BCUT2D eigenvalue weighted by molar-refractivity contribution is 0.597. The summed E-state index contributed by atoms with van der Waals surface area (Å²) < 4.78 is 27.1. The average molecular weight is 283 g/mol. The van der Waals surface area contributed by atoms with Crippen molar-refractivity contribution in [2.45, 2.75) is 12.8 Å². The Kier molecular flexibility index (Phi) is 2.67.